The molecule has 0 bridgehead atoms. The van der Waals surface area contributed by atoms with Gasteiger partial charge in [-0.2, -0.15) is 0 Å². The lowest BCUT2D eigenvalue weighted by atomic mass is 10.1. The van der Waals surface area contributed by atoms with E-state index in [4.69, 9.17) is 12.2 Å². The van der Waals surface area contributed by atoms with Crippen molar-refractivity contribution in [2.24, 2.45) is 0 Å². The summed E-state index contributed by atoms with van der Waals surface area (Å²) >= 11 is 5.36. The molecule has 2 N–H and O–H groups in total. The van der Waals surface area contributed by atoms with Crippen LogP contribution in [0.5, 0.6) is 0 Å². The maximum absolute atomic E-state index is 5.36. The molecule has 1 aromatic rings. The number of nitrogens with one attached hydrogen (secondary N) is 2. The highest BCUT2D eigenvalue weighted by molar-refractivity contribution is 7.80. The predicted octanol–water partition coefficient (Wildman–Crippen LogP) is 3.47. The molecule has 1 aliphatic heterocycles. The van der Waals surface area contributed by atoms with E-state index in [0.29, 0.717) is 0 Å². The summed E-state index contributed by atoms with van der Waals surface area (Å²) in [6, 6.07) is 6.36. The molecule has 0 radical (unpaired) electrons. The fourth-order valence-electron chi connectivity index (χ4n) is 2.81. The SMILES string of the molecule is Cc1ccc(NC(=S)NCCCN2CCCCC2)c(C)c1. The summed E-state index contributed by atoms with van der Waals surface area (Å²) in [7, 11) is 0. The van der Waals surface area contributed by atoms with Crippen LogP contribution in [0.1, 0.15) is 36.8 Å². The topological polar surface area (TPSA) is 27.3 Å². The van der Waals surface area contributed by atoms with Gasteiger partial charge in [-0.25, -0.2) is 0 Å². The Labute approximate surface area is 134 Å². The van der Waals surface area contributed by atoms with Crippen LogP contribution in [-0.4, -0.2) is 36.2 Å². The zero-order valence-corrected chi connectivity index (χ0v) is 14.1. The zero-order chi connectivity index (χ0) is 15.1. The van der Waals surface area contributed by atoms with Gasteiger partial charge in [0.05, 0.1) is 0 Å². The number of likely N-dealkylation sites (tertiary alicyclic amines) is 1. The van der Waals surface area contributed by atoms with Crippen LogP contribution in [0.4, 0.5) is 5.69 Å². The molecule has 116 valence electrons. The van der Waals surface area contributed by atoms with Crippen LogP contribution >= 0.6 is 12.2 Å². The first kappa shape index (κ1) is 16.2. The number of aryl methyl sites for hydroxylation is 2. The van der Waals surface area contributed by atoms with Crippen molar-refractivity contribution in [3.8, 4) is 0 Å². The van der Waals surface area contributed by atoms with E-state index in [0.717, 1.165) is 23.8 Å². The van der Waals surface area contributed by atoms with Gasteiger partial charge < -0.3 is 15.5 Å². The second-order valence-electron chi connectivity index (χ2n) is 5.96. The largest absolute Gasteiger partial charge is 0.362 e. The molecular weight excluding hydrogens is 278 g/mol. The third-order valence-corrected chi connectivity index (χ3v) is 4.26. The molecule has 1 saturated heterocycles. The highest BCUT2D eigenvalue weighted by Crippen LogP contribution is 2.15. The Morgan fingerprint density at radius 1 is 1.19 bits per heavy atom. The number of benzene rings is 1. The maximum atomic E-state index is 5.36. The minimum absolute atomic E-state index is 0.723. The summed E-state index contributed by atoms with van der Waals surface area (Å²) in [6.45, 7) is 8.87. The van der Waals surface area contributed by atoms with E-state index < -0.39 is 0 Å². The Morgan fingerprint density at radius 3 is 2.67 bits per heavy atom. The van der Waals surface area contributed by atoms with Gasteiger partial charge in [0.25, 0.3) is 0 Å². The first-order valence-corrected chi connectivity index (χ1v) is 8.40. The van der Waals surface area contributed by atoms with Gasteiger partial charge >= 0.3 is 0 Å². The third kappa shape index (κ3) is 5.64. The average Bonchev–Trinajstić information content (AvgIpc) is 2.48. The minimum atomic E-state index is 0.723. The molecule has 21 heavy (non-hydrogen) atoms. The van der Waals surface area contributed by atoms with E-state index in [1.807, 2.05) is 0 Å². The molecule has 1 heterocycles. The van der Waals surface area contributed by atoms with Crippen molar-refractivity contribution in [1.29, 1.82) is 0 Å². The van der Waals surface area contributed by atoms with Crippen molar-refractivity contribution >= 4 is 23.0 Å². The number of anilines is 1. The van der Waals surface area contributed by atoms with Crippen molar-refractivity contribution in [2.45, 2.75) is 39.5 Å². The minimum Gasteiger partial charge on any atom is -0.362 e. The lowest BCUT2D eigenvalue weighted by Crippen LogP contribution is -2.34. The van der Waals surface area contributed by atoms with Crippen molar-refractivity contribution in [3.05, 3.63) is 29.3 Å². The van der Waals surface area contributed by atoms with Gasteiger partial charge in [0.2, 0.25) is 0 Å². The molecule has 0 amide bonds. The van der Waals surface area contributed by atoms with E-state index in [1.165, 1.54) is 50.0 Å². The van der Waals surface area contributed by atoms with E-state index in [-0.39, 0.29) is 0 Å². The molecule has 1 aliphatic rings. The standard InChI is InChI=1S/C17H27N3S/c1-14-7-8-16(15(2)13-14)19-17(21)18-9-6-12-20-10-4-3-5-11-20/h7-8,13H,3-6,9-12H2,1-2H3,(H2,18,19,21). The number of piperidine rings is 1. The average molecular weight is 305 g/mol. The Balaban J connectivity index is 1.65. The predicted molar refractivity (Wildman–Crippen MR) is 95.0 cm³/mol. The van der Waals surface area contributed by atoms with Crippen molar-refractivity contribution in [1.82, 2.24) is 10.2 Å². The number of nitrogens with zero attached hydrogens (tertiary/aromatic N) is 1. The van der Waals surface area contributed by atoms with Crippen molar-refractivity contribution in [2.75, 3.05) is 31.5 Å². The van der Waals surface area contributed by atoms with Gasteiger partial charge in [-0.3, -0.25) is 0 Å². The number of rotatable bonds is 5. The smallest absolute Gasteiger partial charge is 0.170 e. The first-order valence-electron chi connectivity index (χ1n) is 7.99. The maximum Gasteiger partial charge on any atom is 0.170 e. The zero-order valence-electron chi connectivity index (χ0n) is 13.2. The van der Waals surface area contributed by atoms with Crippen molar-refractivity contribution in [3.63, 3.8) is 0 Å². The van der Waals surface area contributed by atoms with E-state index in [2.05, 4.69) is 47.6 Å². The molecule has 0 spiro atoms. The number of hydrogen-bond donors (Lipinski definition) is 2. The molecule has 4 heteroatoms. The van der Waals surface area contributed by atoms with Crippen LogP contribution in [0.3, 0.4) is 0 Å². The molecule has 2 rings (SSSR count). The normalized spacial score (nSPS) is 15.7. The molecule has 0 unspecified atom stereocenters. The summed E-state index contributed by atoms with van der Waals surface area (Å²) in [5, 5.41) is 7.31. The second-order valence-corrected chi connectivity index (χ2v) is 6.36. The van der Waals surface area contributed by atoms with Crippen LogP contribution in [-0.2, 0) is 0 Å². The summed E-state index contributed by atoms with van der Waals surface area (Å²) < 4.78 is 0. The molecule has 1 aromatic carbocycles. The molecule has 3 nitrogen and oxygen atoms in total. The summed E-state index contributed by atoms with van der Waals surface area (Å²) in [5.74, 6) is 0. The van der Waals surface area contributed by atoms with Crippen LogP contribution in [0.25, 0.3) is 0 Å². The quantitative estimate of drug-likeness (QED) is 0.643. The number of hydrogen-bond acceptors (Lipinski definition) is 2. The third-order valence-electron chi connectivity index (χ3n) is 4.02. The molecular formula is C17H27N3S. The highest BCUT2D eigenvalue weighted by atomic mass is 32.1. The Bertz CT molecular complexity index is 467. The van der Waals surface area contributed by atoms with Gasteiger partial charge in [0.15, 0.2) is 5.11 Å². The van der Waals surface area contributed by atoms with Crippen LogP contribution in [0, 0.1) is 13.8 Å². The lowest BCUT2D eigenvalue weighted by molar-refractivity contribution is 0.227. The lowest BCUT2D eigenvalue weighted by Gasteiger charge is -2.26. The Morgan fingerprint density at radius 2 is 1.95 bits per heavy atom. The monoisotopic (exact) mass is 305 g/mol. The van der Waals surface area contributed by atoms with Crippen molar-refractivity contribution < 1.29 is 0 Å². The van der Waals surface area contributed by atoms with E-state index in [1.54, 1.807) is 0 Å². The van der Waals surface area contributed by atoms with Gasteiger partial charge in [-0.05, 0) is 76.6 Å². The van der Waals surface area contributed by atoms with Crippen LogP contribution < -0.4 is 10.6 Å². The first-order chi connectivity index (χ1) is 10.1. The van der Waals surface area contributed by atoms with Gasteiger partial charge in [0, 0.05) is 12.2 Å². The summed E-state index contributed by atoms with van der Waals surface area (Å²) in [5.41, 5.74) is 3.60. The molecule has 0 aromatic heterocycles. The van der Waals surface area contributed by atoms with Gasteiger partial charge in [-0.15, -0.1) is 0 Å². The van der Waals surface area contributed by atoms with Gasteiger partial charge in [0.1, 0.15) is 0 Å². The molecule has 0 aliphatic carbocycles. The van der Waals surface area contributed by atoms with E-state index in [9.17, 15) is 0 Å². The van der Waals surface area contributed by atoms with Crippen LogP contribution in [0.15, 0.2) is 18.2 Å². The fraction of sp³-hybridized carbons (Fsp3) is 0.588. The Hall–Kier alpha value is -1.13. The molecule has 0 saturated carbocycles. The van der Waals surface area contributed by atoms with E-state index >= 15 is 0 Å². The second kappa shape index (κ2) is 8.35. The summed E-state index contributed by atoms with van der Waals surface area (Å²) in [6.07, 6.45) is 5.27. The highest BCUT2D eigenvalue weighted by Gasteiger charge is 2.09. The molecule has 0 atom stereocenters. The Kier molecular flexibility index (Phi) is 6.46. The number of thiocarbonyl (C=S) groups is 1. The van der Waals surface area contributed by atoms with Gasteiger partial charge in [-0.1, -0.05) is 24.1 Å². The van der Waals surface area contributed by atoms with Crippen LogP contribution in [0.2, 0.25) is 0 Å². The molecule has 1 fully saturated rings. The summed E-state index contributed by atoms with van der Waals surface area (Å²) in [4.78, 5) is 2.56. The fourth-order valence-corrected chi connectivity index (χ4v) is 3.02.